The fraction of sp³-hybridized carbons (Fsp3) is 0.160. The second kappa shape index (κ2) is 7.72. The molecule has 2 aromatic carbocycles. The minimum absolute atomic E-state index is 0.341. The number of nitrogens with zero attached hydrogens (tertiary/aromatic N) is 3. The zero-order chi connectivity index (χ0) is 21.4. The predicted octanol–water partition coefficient (Wildman–Crippen LogP) is 3.80. The molecule has 0 spiro atoms. The van der Waals surface area contributed by atoms with Crippen molar-refractivity contribution in [2.75, 3.05) is 0 Å². The fourth-order valence-electron chi connectivity index (χ4n) is 4.30. The summed E-state index contributed by atoms with van der Waals surface area (Å²) in [6, 6.07) is 15.7. The smallest absolute Gasteiger partial charge is 0.259 e. The van der Waals surface area contributed by atoms with E-state index in [1.54, 1.807) is 6.20 Å². The lowest BCUT2D eigenvalue weighted by Gasteiger charge is -2.07. The Labute approximate surface area is 179 Å². The molecule has 0 atom stereocenters. The summed E-state index contributed by atoms with van der Waals surface area (Å²) >= 11 is 0. The molecule has 1 aliphatic rings. The number of hydrogen-bond donors (Lipinski definition) is 1. The van der Waals surface area contributed by atoms with E-state index in [-0.39, 0.29) is 11.8 Å². The van der Waals surface area contributed by atoms with E-state index in [0.29, 0.717) is 11.1 Å². The van der Waals surface area contributed by atoms with E-state index in [1.165, 1.54) is 0 Å². The summed E-state index contributed by atoms with van der Waals surface area (Å²) in [7, 11) is 0. The van der Waals surface area contributed by atoms with Crippen molar-refractivity contribution in [3.8, 4) is 0 Å². The minimum atomic E-state index is -0.343. The highest BCUT2D eigenvalue weighted by molar-refractivity contribution is 6.50. The minimum Gasteiger partial charge on any atom is -0.347 e. The second-order valence-corrected chi connectivity index (χ2v) is 7.76. The number of carbonyl (C=O) groups is 2. The number of hydrogen-bond acceptors (Lipinski definition) is 3. The molecular formula is C25H22N4O2. The molecule has 3 heterocycles. The maximum absolute atomic E-state index is 12.9. The first-order valence-electron chi connectivity index (χ1n) is 10.3. The van der Waals surface area contributed by atoms with Crippen LogP contribution >= 0.6 is 0 Å². The summed E-state index contributed by atoms with van der Waals surface area (Å²) in [5, 5.41) is 3.47. The summed E-state index contributed by atoms with van der Waals surface area (Å²) in [6.07, 6.45) is 8.46. The van der Waals surface area contributed by atoms with Crippen molar-refractivity contribution >= 4 is 33.9 Å². The fourth-order valence-corrected chi connectivity index (χ4v) is 4.30. The van der Waals surface area contributed by atoms with Crippen LogP contribution in [0.1, 0.15) is 23.1 Å². The van der Waals surface area contributed by atoms with Crippen LogP contribution in [-0.2, 0) is 22.7 Å². The van der Waals surface area contributed by atoms with Gasteiger partial charge in [-0.15, -0.1) is 0 Å². The number of carbonyl (C=O) groups excluding carboxylic acids is 2. The molecule has 0 bridgehead atoms. The van der Waals surface area contributed by atoms with E-state index in [4.69, 9.17) is 0 Å². The summed E-state index contributed by atoms with van der Waals surface area (Å²) < 4.78 is 4.22. The Morgan fingerprint density at radius 1 is 0.903 bits per heavy atom. The maximum atomic E-state index is 12.9. The Morgan fingerprint density at radius 2 is 1.65 bits per heavy atom. The number of fused-ring (bicyclic) bond motifs is 1. The Bertz CT molecular complexity index is 1330. The average molecular weight is 410 g/mol. The Balaban J connectivity index is 1.61. The second-order valence-electron chi connectivity index (χ2n) is 7.76. The van der Waals surface area contributed by atoms with E-state index in [1.807, 2.05) is 68.1 Å². The average Bonchev–Trinajstić information content (AvgIpc) is 3.47. The van der Waals surface area contributed by atoms with E-state index >= 15 is 0 Å². The Hall–Kier alpha value is -3.93. The van der Waals surface area contributed by atoms with Gasteiger partial charge in [0.1, 0.15) is 0 Å². The molecule has 0 radical (unpaired) electrons. The lowest BCUT2D eigenvalue weighted by atomic mass is 9.93. The summed E-state index contributed by atoms with van der Waals surface area (Å²) in [5.74, 6) is -0.684. The molecule has 0 unspecified atom stereocenters. The van der Waals surface area contributed by atoms with E-state index in [2.05, 4.69) is 25.5 Å². The molecule has 1 aliphatic heterocycles. The first kappa shape index (κ1) is 19.1. The van der Waals surface area contributed by atoms with Gasteiger partial charge in [-0.05, 0) is 30.5 Å². The van der Waals surface area contributed by atoms with Gasteiger partial charge in [0.15, 0.2) is 0 Å². The normalized spacial score (nSPS) is 14.0. The topological polar surface area (TPSA) is 68.9 Å². The summed E-state index contributed by atoms with van der Waals surface area (Å²) in [5.41, 5.74) is 4.49. The van der Waals surface area contributed by atoms with Crippen LogP contribution in [0.15, 0.2) is 73.4 Å². The van der Waals surface area contributed by atoms with Crippen LogP contribution in [0.4, 0.5) is 0 Å². The van der Waals surface area contributed by atoms with Gasteiger partial charge in [0, 0.05) is 48.1 Å². The lowest BCUT2D eigenvalue weighted by molar-refractivity contribution is -0.122. The van der Waals surface area contributed by atoms with E-state index in [0.717, 1.165) is 47.1 Å². The first-order chi connectivity index (χ1) is 15.1. The molecule has 0 saturated heterocycles. The number of amides is 2. The van der Waals surface area contributed by atoms with Crippen molar-refractivity contribution < 1.29 is 9.59 Å². The number of imidazole rings is 1. The predicted molar refractivity (Wildman–Crippen MR) is 120 cm³/mol. The molecule has 6 heteroatoms. The molecule has 0 aliphatic carbocycles. The Kier molecular flexibility index (Phi) is 4.75. The third-order valence-electron chi connectivity index (χ3n) is 5.78. The van der Waals surface area contributed by atoms with E-state index in [9.17, 15) is 9.59 Å². The molecule has 6 nitrogen and oxygen atoms in total. The number of aryl methyl sites for hydroxylation is 3. The van der Waals surface area contributed by atoms with Gasteiger partial charge in [-0.3, -0.25) is 14.9 Å². The SMILES string of the molecule is Cc1ccccc1C1=C(c2cn(CCCn3ccnc3)c3ccccc23)C(=O)NC1=O. The Morgan fingerprint density at radius 3 is 2.42 bits per heavy atom. The monoisotopic (exact) mass is 410 g/mol. The molecule has 0 saturated carbocycles. The molecule has 154 valence electrons. The van der Waals surface area contributed by atoms with Crippen LogP contribution in [-0.4, -0.2) is 25.9 Å². The molecule has 31 heavy (non-hydrogen) atoms. The van der Waals surface area contributed by atoms with Gasteiger partial charge in [-0.2, -0.15) is 0 Å². The number of nitrogens with one attached hydrogen (secondary N) is 1. The molecule has 2 aromatic heterocycles. The standard InChI is InChI=1S/C25H22N4O2/c1-17-7-2-3-8-18(17)22-23(25(31)27-24(22)30)20-15-29(21-10-5-4-9-19(20)21)13-6-12-28-14-11-26-16-28/h2-5,7-11,14-16H,6,12-13H2,1H3,(H,27,30,31). The zero-order valence-electron chi connectivity index (χ0n) is 17.2. The third kappa shape index (κ3) is 3.36. The van der Waals surface area contributed by atoms with Crippen molar-refractivity contribution in [3.05, 3.63) is 90.1 Å². The molecular weight excluding hydrogens is 388 g/mol. The van der Waals surface area contributed by atoms with Crippen LogP contribution < -0.4 is 5.32 Å². The van der Waals surface area contributed by atoms with Gasteiger partial charge in [0.2, 0.25) is 0 Å². The first-order valence-corrected chi connectivity index (χ1v) is 10.3. The van der Waals surface area contributed by atoms with Crippen LogP contribution in [0.5, 0.6) is 0 Å². The number of para-hydroxylation sites is 1. The van der Waals surface area contributed by atoms with Gasteiger partial charge in [-0.1, -0.05) is 42.5 Å². The molecule has 5 rings (SSSR count). The van der Waals surface area contributed by atoms with Crippen LogP contribution in [0.25, 0.3) is 22.0 Å². The largest absolute Gasteiger partial charge is 0.347 e. The highest BCUT2D eigenvalue weighted by Crippen LogP contribution is 2.36. The van der Waals surface area contributed by atoms with Gasteiger partial charge in [0.05, 0.1) is 17.5 Å². The third-order valence-corrected chi connectivity index (χ3v) is 5.78. The number of imide groups is 1. The molecule has 1 N–H and O–H groups in total. The van der Waals surface area contributed by atoms with Crippen molar-refractivity contribution in [1.82, 2.24) is 19.4 Å². The van der Waals surface area contributed by atoms with Crippen LogP contribution in [0.3, 0.4) is 0 Å². The molecule has 2 amide bonds. The highest BCUT2D eigenvalue weighted by atomic mass is 16.2. The van der Waals surface area contributed by atoms with Crippen LogP contribution in [0, 0.1) is 6.92 Å². The number of rotatable bonds is 6. The lowest BCUT2D eigenvalue weighted by Crippen LogP contribution is -2.22. The number of benzene rings is 2. The molecule has 4 aromatic rings. The maximum Gasteiger partial charge on any atom is 0.259 e. The van der Waals surface area contributed by atoms with Gasteiger partial charge in [0.25, 0.3) is 11.8 Å². The van der Waals surface area contributed by atoms with E-state index < -0.39 is 0 Å². The van der Waals surface area contributed by atoms with Crippen molar-refractivity contribution in [2.24, 2.45) is 0 Å². The van der Waals surface area contributed by atoms with Gasteiger partial charge >= 0.3 is 0 Å². The zero-order valence-corrected chi connectivity index (χ0v) is 17.2. The van der Waals surface area contributed by atoms with Crippen LogP contribution in [0.2, 0.25) is 0 Å². The van der Waals surface area contributed by atoms with Gasteiger partial charge < -0.3 is 9.13 Å². The van der Waals surface area contributed by atoms with Gasteiger partial charge in [-0.25, -0.2) is 4.98 Å². The summed E-state index contributed by atoms with van der Waals surface area (Å²) in [6.45, 7) is 3.61. The van der Waals surface area contributed by atoms with Crippen molar-refractivity contribution in [3.63, 3.8) is 0 Å². The van der Waals surface area contributed by atoms with Crippen molar-refractivity contribution in [2.45, 2.75) is 26.4 Å². The number of aromatic nitrogens is 3. The van der Waals surface area contributed by atoms with Crippen molar-refractivity contribution in [1.29, 1.82) is 0 Å². The quantitative estimate of drug-likeness (QED) is 0.492. The highest BCUT2D eigenvalue weighted by Gasteiger charge is 2.34. The summed E-state index contributed by atoms with van der Waals surface area (Å²) in [4.78, 5) is 29.7. The molecule has 0 fully saturated rings.